The van der Waals surface area contributed by atoms with E-state index in [4.69, 9.17) is 4.74 Å². The number of fused-ring (bicyclic) bond motifs is 2. The highest BCUT2D eigenvalue weighted by molar-refractivity contribution is 5.93. The van der Waals surface area contributed by atoms with Gasteiger partial charge in [0.1, 0.15) is 24.2 Å². The number of nitrogens with zero attached hydrogens (tertiary/aromatic N) is 8. The monoisotopic (exact) mass is 374 g/mol. The summed E-state index contributed by atoms with van der Waals surface area (Å²) in [7, 11) is 1.60. The summed E-state index contributed by atoms with van der Waals surface area (Å²) >= 11 is 0. The first-order chi connectivity index (χ1) is 13.7. The second-order valence-electron chi connectivity index (χ2n) is 6.13. The Hall–Kier alpha value is -4.08. The fourth-order valence-electron chi connectivity index (χ4n) is 3.18. The zero-order chi connectivity index (χ0) is 19.3. The normalized spacial score (nSPS) is 11.4. The van der Waals surface area contributed by atoms with Gasteiger partial charge in [-0.15, -0.1) is 15.3 Å². The third-order valence-corrected chi connectivity index (χ3v) is 4.44. The van der Waals surface area contributed by atoms with Crippen molar-refractivity contribution in [3.63, 3.8) is 0 Å². The molecule has 28 heavy (non-hydrogen) atoms. The molecule has 5 aromatic rings. The minimum Gasteiger partial charge on any atom is -0.497 e. The van der Waals surface area contributed by atoms with Crippen LogP contribution in [0.3, 0.4) is 0 Å². The predicted octanol–water partition coefficient (Wildman–Crippen LogP) is 1.33. The van der Waals surface area contributed by atoms with Crippen molar-refractivity contribution in [3.05, 3.63) is 65.4 Å². The molecule has 0 atom stereocenters. The molecular formula is C18H14N8O2. The Morgan fingerprint density at radius 2 is 1.75 bits per heavy atom. The second kappa shape index (κ2) is 5.98. The zero-order valence-corrected chi connectivity index (χ0v) is 15.0. The molecule has 1 aromatic carbocycles. The molecule has 0 aliphatic rings. The molecule has 5 rings (SSSR count). The first kappa shape index (κ1) is 16.1. The van der Waals surface area contributed by atoms with Crippen molar-refractivity contribution in [2.75, 3.05) is 7.11 Å². The molecule has 4 aromatic heterocycles. The van der Waals surface area contributed by atoms with E-state index in [0.717, 1.165) is 11.3 Å². The van der Waals surface area contributed by atoms with E-state index in [0.29, 0.717) is 28.2 Å². The SMILES string of the molecule is COc1ccc(-c2c3c(=O)n(-n4cnnc4)ccc3nc3nc(C)nn23)cc1. The van der Waals surface area contributed by atoms with Crippen LogP contribution in [0.25, 0.3) is 27.9 Å². The van der Waals surface area contributed by atoms with Crippen molar-refractivity contribution in [2.24, 2.45) is 0 Å². The number of rotatable bonds is 3. The highest BCUT2D eigenvalue weighted by Gasteiger charge is 2.18. The first-order valence-corrected chi connectivity index (χ1v) is 8.44. The average Bonchev–Trinajstić information content (AvgIpc) is 3.36. The lowest BCUT2D eigenvalue weighted by atomic mass is 10.1. The molecule has 0 aliphatic carbocycles. The molecule has 0 unspecified atom stereocenters. The molecule has 0 saturated heterocycles. The third-order valence-electron chi connectivity index (χ3n) is 4.44. The van der Waals surface area contributed by atoms with E-state index < -0.39 is 0 Å². The van der Waals surface area contributed by atoms with E-state index in [1.54, 1.807) is 30.8 Å². The fraction of sp³-hybridized carbons (Fsp3) is 0.111. The maximum atomic E-state index is 13.4. The van der Waals surface area contributed by atoms with Gasteiger partial charge in [-0.2, -0.15) is 9.50 Å². The van der Waals surface area contributed by atoms with Crippen molar-refractivity contribution < 1.29 is 4.74 Å². The number of aromatic nitrogens is 8. The predicted molar refractivity (Wildman–Crippen MR) is 100 cm³/mol. The van der Waals surface area contributed by atoms with Gasteiger partial charge >= 0.3 is 0 Å². The van der Waals surface area contributed by atoms with Gasteiger partial charge in [-0.05, 0) is 37.3 Å². The van der Waals surface area contributed by atoms with Crippen LogP contribution in [0, 0.1) is 6.92 Å². The molecule has 0 saturated carbocycles. The van der Waals surface area contributed by atoms with Gasteiger partial charge in [0.05, 0.1) is 23.7 Å². The zero-order valence-electron chi connectivity index (χ0n) is 15.0. The van der Waals surface area contributed by atoms with Gasteiger partial charge in [0, 0.05) is 11.8 Å². The van der Waals surface area contributed by atoms with Gasteiger partial charge in [0.2, 0.25) is 0 Å². The number of hydrogen-bond donors (Lipinski definition) is 0. The summed E-state index contributed by atoms with van der Waals surface area (Å²) < 4.78 is 9.75. The third kappa shape index (κ3) is 2.35. The second-order valence-corrected chi connectivity index (χ2v) is 6.13. The summed E-state index contributed by atoms with van der Waals surface area (Å²) in [6, 6.07) is 9.17. The van der Waals surface area contributed by atoms with Crippen LogP contribution in [0.4, 0.5) is 0 Å². The lowest BCUT2D eigenvalue weighted by Crippen LogP contribution is -2.25. The molecule has 138 valence electrons. The summed E-state index contributed by atoms with van der Waals surface area (Å²) in [4.78, 5) is 22.2. The summed E-state index contributed by atoms with van der Waals surface area (Å²) in [6.45, 7) is 1.78. The van der Waals surface area contributed by atoms with Gasteiger partial charge in [-0.3, -0.25) is 4.79 Å². The van der Waals surface area contributed by atoms with Crippen LogP contribution < -0.4 is 10.3 Å². The van der Waals surface area contributed by atoms with Crippen LogP contribution in [0.1, 0.15) is 5.82 Å². The molecule has 10 heteroatoms. The molecule has 0 bridgehead atoms. The summed E-state index contributed by atoms with van der Waals surface area (Å²) in [5.74, 6) is 1.71. The van der Waals surface area contributed by atoms with Crippen LogP contribution in [-0.4, -0.2) is 46.2 Å². The van der Waals surface area contributed by atoms with Crippen molar-refractivity contribution in [3.8, 4) is 17.0 Å². The molecule has 0 spiro atoms. The first-order valence-electron chi connectivity index (χ1n) is 8.44. The molecular weight excluding hydrogens is 360 g/mol. The number of pyridine rings is 1. The van der Waals surface area contributed by atoms with Crippen molar-refractivity contribution in [1.82, 2.24) is 39.1 Å². The molecule has 0 aliphatic heterocycles. The van der Waals surface area contributed by atoms with Gasteiger partial charge in [0.15, 0.2) is 0 Å². The minimum atomic E-state index is -0.273. The lowest BCUT2D eigenvalue weighted by Gasteiger charge is -2.11. The smallest absolute Gasteiger partial charge is 0.281 e. The van der Waals surface area contributed by atoms with Gasteiger partial charge in [0.25, 0.3) is 11.3 Å². The van der Waals surface area contributed by atoms with E-state index in [1.807, 2.05) is 24.3 Å². The van der Waals surface area contributed by atoms with E-state index >= 15 is 0 Å². The highest BCUT2D eigenvalue weighted by atomic mass is 16.5. The maximum absolute atomic E-state index is 13.4. The molecule has 4 heterocycles. The molecule has 0 fully saturated rings. The van der Waals surface area contributed by atoms with Crippen LogP contribution in [0.2, 0.25) is 0 Å². The van der Waals surface area contributed by atoms with E-state index in [1.165, 1.54) is 22.0 Å². The van der Waals surface area contributed by atoms with Crippen LogP contribution >= 0.6 is 0 Å². The van der Waals surface area contributed by atoms with Crippen LogP contribution in [0.15, 0.2) is 54.0 Å². The minimum absolute atomic E-state index is 0.273. The van der Waals surface area contributed by atoms with Crippen LogP contribution in [0.5, 0.6) is 5.75 Å². The van der Waals surface area contributed by atoms with Gasteiger partial charge in [-0.25, -0.2) is 14.3 Å². The quantitative estimate of drug-likeness (QED) is 0.469. The number of ether oxygens (including phenoxy) is 1. The Balaban J connectivity index is 1.92. The Bertz CT molecular complexity index is 1370. The Labute approximate surface area is 157 Å². The van der Waals surface area contributed by atoms with Crippen molar-refractivity contribution in [2.45, 2.75) is 6.92 Å². The Morgan fingerprint density at radius 1 is 1.00 bits per heavy atom. The fourth-order valence-corrected chi connectivity index (χ4v) is 3.18. The number of aryl methyl sites for hydroxylation is 1. The topological polar surface area (TPSA) is 105 Å². The lowest BCUT2D eigenvalue weighted by molar-refractivity contribution is 0.415. The van der Waals surface area contributed by atoms with Gasteiger partial charge < -0.3 is 4.74 Å². The number of methoxy groups -OCH3 is 1. The highest BCUT2D eigenvalue weighted by Crippen LogP contribution is 2.27. The van der Waals surface area contributed by atoms with E-state index in [9.17, 15) is 4.79 Å². The average molecular weight is 374 g/mol. The van der Waals surface area contributed by atoms with Crippen molar-refractivity contribution in [1.29, 1.82) is 0 Å². The van der Waals surface area contributed by atoms with E-state index in [-0.39, 0.29) is 5.56 Å². The number of benzene rings is 1. The van der Waals surface area contributed by atoms with E-state index in [2.05, 4.69) is 25.3 Å². The summed E-state index contributed by atoms with van der Waals surface area (Å²) in [5, 5.41) is 12.4. The van der Waals surface area contributed by atoms with Crippen LogP contribution in [-0.2, 0) is 0 Å². The maximum Gasteiger partial charge on any atom is 0.281 e. The Kier molecular flexibility index (Phi) is 3.44. The molecule has 0 N–H and O–H groups in total. The Morgan fingerprint density at radius 3 is 2.46 bits per heavy atom. The molecule has 0 amide bonds. The van der Waals surface area contributed by atoms with Gasteiger partial charge in [-0.1, -0.05) is 0 Å². The number of hydrogen-bond acceptors (Lipinski definition) is 7. The summed E-state index contributed by atoms with van der Waals surface area (Å²) in [6.07, 6.45) is 4.52. The molecule has 0 radical (unpaired) electrons. The largest absolute Gasteiger partial charge is 0.497 e. The van der Waals surface area contributed by atoms with Crippen molar-refractivity contribution >= 4 is 16.7 Å². The molecule has 10 nitrogen and oxygen atoms in total. The standard InChI is InChI=1S/C18H14N8O2/c1-11-21-18-22-14-7-8-25(24-9-19-20-10-24)17(27)15(14)16(26(18)23-11)12-3-5-13(28-2)6-4-12/h3-10H,1-2H3. The summed E-state index contributed by atoms with van der Waals surface area (Å²) in [5.41, 5.74) is 1.66.